The fourth-order valence-electron chi connectivity index (χ4n) is 1.49. The van der Waals surface area contributed by atoms with E-state index in [9.17, 15) is 13.6 Å². The van der Waals surface area contributed by atoms with E-state index in [2.05, 4.69) is 36.6 Å². The van der Waals surface area contributed by atoms with Gasteiger partial charge in [0.25, 0.3) is 0 Å². The predicted molar refractivity (Wildman–Crippen MR) is 76.2 cm³/mol. The number of para-hydroxylation sites is 1. The van der Waals surface area contributed by atoms with Crippen LogP contribution in [0.4, 0.5) is 8.78 Å². The maximum absolute atomic E-state index is 12.3. The van der Waals surface area contributed by atoms with Crippen LogP contribution in [0.15, 0.2) is 37.9 Å². The van der Waals surface area contributed by atoms with E-state index in [1.165, 1.54) is 29.5 Å². The molecule has 0 N–H and O–H groups in total. The van der Waals surface area contributed by atoms with Gasteiger partial charge in [0.05, 0.1) is 13.1 Å². The SMILES string of the molecule is O=C(c1ccccc1OC(F)F)c1cc(Br)sc1Br. The Balaban J connectivity index is 2.41. The minimum absolute atomic E-state index is 0.105. The summed E-state index contributed by atoms with van der Waals surface area (Å²) in [6.45, 7) is -2.97. The molecule has 0 atom stereocenters. The molecule has 0 aliphatic carbocycles. The van der Waals surface area contributed by atoms with Gasteiger partial charge in [0, 0.05) is 5.56 Å². The molecule has 19 heavy (non-hydrogen) atoms. The standard InChI is InChI=1S/C12H6Br2F2O2S/c13-9-5-7(11(14)19-9)10(17)6-3-1-2-4-8(6)18-12(15)16/h1-5,12H. The van der Waals surface area contributed by atoms with Gasteiger partial charge < -0.3 is 4.74 Å². The van der Waals surface area contributed by atoms with Crippen LogP contribution in [-0.2, 0) is 0 Å². The molecule has 0 fully saturated rings. The predicted octanol–water partition coefficient (Wildman–Crippen LogP) is 5.11. The molecule has 0 aliphatic rings. The zero-order valence-corrected chi connectivity index (χ0v) is 13.2. The van der Waals surface area contributed by atoms with Crippen LogP contribution >= 0.6 is 43.2 Å². The second-order valence-electron chi connectivity index (χ2n) is 3.44. The fourth-order valence-corrected chi connectivity index (χ4v) is 4.29. The van der Waals surface area contributed by atoms with Crippen molar-refractivity contribution in [1.82, 2.24) is 0 Å². The minimum Gasteiger partial charge on any atom is -0.434 e. The molecule has 100 valence electrons. The molecule has 7 heteroatoms. The number of halogens is 4. The van der Waals surface area contributed by atoms with E-state index in [1.54, 1.807) is 12.1 Å². The number of benzene rings is 1. The van der Waals surface area contributed by atoms with Gasteiger partial charge in [-0.1, -0.05) is 12.1 Å². The van der Waals surface area contributed by atoms with Crippen LogP contribution in [-0.4, -0.2) is 12.4 Å². The Hall–Kier alpha value is -0.790. The first-order valence-corrected chi connectivity index (χ1v) is 7.42. The number of hydrogen-bond donors (Lipinski definition) is 0. The van der Waals surface area contributed by atoms with Crippen LogP contribution in [0.1, 0.15) is 15.9 Å². The molecule has 0 amide bonds. The maximum atomic E-state index is 12.3. The van der Waals surface area contributed by atoms with Crippen LogP contribution in [0.5, 0.6) is 5.75 Å². The van der Waals surface area contributed by atoms with Crippen LogP contribution in [0.2, 0.25) is 0 Å². The third-order valence-electron chi connectivity index (χ3n) is 2.25. The number of ether oxygens (including phenoxy) is 1. The molecule has 0 aliphatic heterocycles. The van der Waals surface area contributed by atoms with E-state index in [0.717, 1.165) is 3.79 Å². The molecule has 0 bridgehead atoms. The topological polar surface area (TPSA) is 26.3 Å². The Morgan fingerprint density at radius 3 is 2.47 bits per heavy atom. The third-order valence-corrected chi connectivity index (χ3v) is 4.59. The Kier molecular flexibility index (Phi) is 4.70. The first kappa shape index (κ1) is 14.6. The summed E-state index contributed by atoms with van der Waals surface area (Å²) >= 11 is 7.87. The first-order chi connectivity index (χ1) is 8.99. The zero-order chi connectivity index (χ0) is 14.0. The highest BCUT2D eigenvalue weighted by Gasteiger charge is 2.20. The van der Waals surface area contributed by atoms with Gasteiger partial charge in [0.1, 0.15) is 5.75 Å². The lowest BCUT2D eigenvalue weighted by Gasteiger charge is -2.09. The van der Waals surface area contributed by atoms with Crippen molar-refractivity contribution in [3.63, 3.8) is 0 Å². The van der Waals surface area contributed by atoms with Gasteiger partial charge in [-0.3, -0.25) is 4.79 Å². The summed E-state index contributed by atoms with van der Waals surface area (Å²) < 4.78 is 30.4. The van der Waals surface area contributed by atoms with Crippen molar-refractivity contribution in [2.24, 2.45) is 0 Å². The van der Waals surface area contributed by atoms with E-state index in [0.29, 0.717) is 9.35 Å². The summed E-state index contributed by atoms with van der Waals surface area (Å²) in [4.78, 5) is 12.3. The lowest BCUT2D eigenvalue weighted by molar-refractivity contribution is -0.0501. The normalized spacial score (nSPS) is 10.8. The fraction of sp³-hybridized carbons (Fsp3) is 0.0833. The average Bonchev–Trinajstić information content (AvgIpc) is 2.67. The highest BCUT2D eigenvalue weighted by atomic mass is 79.9. The lowest BCUT2D eigenvalue weighted by Crippen LogP contribution is -2.08. The third kappa shape index (κ3) is 3.40. The molecule has 1 aromatic heterocycles. The van der Waals surface area contributed by atoms with Gasteiger partial charge in [-0.15, -0.1) is 11.3 Å². The number of rotatable bonds is 4. The molecule has 2 rings (SSSR count). The summed E-state index contributed by atoms with van der Waals surface area (Å²) in [5.41, 5.74) is 0.510. The maximum Gasteiger partial charge on any atom is 0.387 e. The molecule has 0 radical (unpaired) electrons. The van der Waals surface area contributed by atoms with E-state index in [1.807, 2.05) is 0 Å². The smallest absolute Gasteiger partial charge is 0.387 e. The molecule has 0 unspecified atom stereocenters. The van der Waals surface area contributed by atoms with E-state index < -0.39 is 6.61 Å². The highest BCUT2D eigenvalue weighted by Crippen LogP contribution is 2.34. The summed E-state index contributed by atoms with van der Waals surface area (Å²) in [6.07, 6.45) is 0. The van der Waals surface area contributed by atoms with E-state index in [-0.39, 0.29) is 17.1 Å². The Morgan fingerprint density at radius 1 is 1.21 bits per heavy atom. The van der Waals surface area contributed by atoms with Gasteiger partial charge >= 0.3 is 6.61 Å². The molecule has 0 saturated heterocycles. The molecule has 0 spiro atoms. The quantitative estimate of drug-likeness (QED) is 0.653. The second kappa shape index (κ2) is 6.11. The van der Waals surface area contributed by atoms with Gasteiger partial charge in [-0.05, 0) is 50.1 Å². The van der Waals surface area contributed by atoms with Gasteiger partial charge in [0.2, 0.25) is 0 Å². The number of thiophene rings is 1. The summed E-state index contributed by atoms with van der Waals surface area (Å²) in [6, 6.07) is 7.57. The summed E-state index contributed by atoms with van der Waals surface area (Å²) in [5.74, 6) is -0.498. The van der Waals surface area contributed by atoms with Crippen molar-refractivity contribution in [2.75, 3.05) is 0 Å². The monoisotopic (exact) mass is 410 g/mol. The highest BCUT2D eigenvalue weighted by molar-refractivity contribution is 9.12. The Bertz CT molecular complexity index is 614. The molecular formula is C12H6Br2F2O2S. The van der Waals surface area contributed by atoms with Crippen molar-refractivity contribution >= 4 is 49.0 Å². The van der Waals surface area contributed by atoms with Crippen LogP contribution in [0.25, 0.3) is 0 Å². The van der Waals surface area contributed by atoms with Gasteiger partial charge in [-0.25, -0.2) is 0 Å². The van der Waals surface area contributed by atoms with E-state index in [4.69, 9.17) is 0 Å². The molecular weight excluding hydrogens is 406 g/mol. The first-order valence-electron chi connectivity index (χ1n) is 5.02. The minimum atomic E-state index is -2.97. The van der Waals surface area contributed by atoms with Crippen LogP contribution in [0.3, 0.4) is 0 Å². The zero-order valence-electron chi connectivity index (χ0n) is 9.20. The number of hydrogen-bond acceptors (Lipinski definition) is 3. The van der Waals surface area contributed by atoms with Crippen molar-refractivity contribution in [2.45, 2.75) is 6.61 Å². The van der Waals surface area contributed by atoms with Crippen LogP contribution in [0, 0.1) is 0 Å². The molecule has 2 aromatic rings. The van der Waals surface area contributed by atoms with Crippen molar-refractivity contribution < 1.29 is 18.3 Å². The lowest BCUT2D eigenvalue weighted by atomic mass is 10.1. The molecule has 1 aromatic carbocycles. The van der Waals surface area contributed by atoms with E-state index >= 15 is 0 Å². The second-order valence-corrected chi connectivity index (χ2v) is 7.19. The van der Waals surface area contributed by atoms with Gasteiger partial charge in [-0.2, -0.15) is 8.78 Å². The average molecular weight is 412 g/mol. The molecule has 1 heterocycles. The van der Waals surface area contributed by atoms with Crippen molar-refractivity contribution in [1.29, 1.82) is 0 Å². The largest absolute Gasteiger partial charge is 0.434 e. The summed E-state index contributed by atoms with van der Waals surface area (Å²) in [5, 5.41) is 0. The van der Waals surface area contributed by atoms with Crippen molar-refractivity contribution in [3.8, 4) is 5.75 Å². The Morgan fingerprint density at radius 2 is 1.89 bits per heavy atom. The summed E-state index contributed by atoms with van der Waals surface area (Å²) in [7, 11) is 0. The Labute approximate surface area is 128 Å². The molecule has 0 saturated carbocycles. The number of ketones is 1. The number of alkyl halides is 2. The van der Waals surface area contributed by atoms with Crippen molar-refractivity contribution in [3.05, 3.63) is 49.0 Å². The number of carbonyl (C=O) groups is 1. The number of carbonyl (C=O) groups excluding carboxylic acids is 1. The van der Waals surface area contributed by atoms with Crippen LogP contribution < -0.4 is 4.74 Å². The van der Waals surface area contributed by atoms with Gasteiger partial charge in [0.15, 0.2) is 5.78 Å². The molecule has 2 nitrogen and oxygen atoms in total.